The smallest absolute Gasteiger partial charge is 0.237 e. The molecular weight excluding hydrogens is 347 g/mol. The van der Waals surface area contributed by atoms with Gasteiger partial charge in [-0.2, -0.15) is 0 Å². The van der Waals surface area contributed by atoms with Crippen molar-refractivity contribution < 1.29 is 13.6 Å². The molecule has 3 rings (SSSR count). The van der Waals surface area contributed by atoms with Crippen molar-refractivity contribution in [3.63, 3.8) is 0 Å². The molecule has 0 bridgehead atoms. The molecular formula is C17H15FN2O2S2. The number of hydrogen-bond donors (Lipinski definition) is 1. The largest absolute Gasteiger partial charge is 0.462 e. The Morgan fingerprint density at radius 2 is 2.21 bits per heavy atom. The summed E-state index contributed by atoms with van der Waals surface area (Å²) in [6.07, 6.45) is 1.61. The maximum Gasteiger partial charge on any atom is 0.237 e. The number of benzene rings is 1. The zero-order valence-corrected chi connectivity index (χ0v) is 14.5. The van der Waals surface area contributed by atoms with Crippen LogP contribution in [0.15, 0.2) is 52.5 Å². The first-order valence-corrected chi connectivity index (χ1v) is 9.21. The van der Waals surface area contributed by atoms with E-state index >= 15 is 0 Å². The zero-order valence-electron chi connectivity index (χ0n) is 12.9. The highest BCUT2D eigenvalue weighted by Crippen LogP contribution is 2.27. The van der Waals surface area contributed by atoms with Crippen molar-refractivity contribution in [3.8, 4) is 10.8 Å². The molecule has 0 unspecified atom stereocenters. The number of halogens is 1. The molecule has 0 aliphatic heterocycles. The minimum Gasteiger partial charge on any atom is -0.462 e. The second-order valence-electron chi connectivity index (χ2n) is 5.04. The first-order valence-electron chi connectivity index (χ1n) is 7.29. The number of thiazole rings is 1. The summed E-state index contributed by atoms with van der Waals surface area (Å²) >= 11 is 2.96. The molecule has 124 valence electrons. The number of aromatic nitrogens is 1. The van der Waals surface area contributed by atoms with Gasteiger partial charge in [-0.3, -0.25) is 4.79 Å². The summed E-state index contributed by atoms with van der Waals surface area (Å²) in [5, 5.41) is 5.05. The van der Waals surface area contributed by atoms with Gasteiger partial charge in [-0.1, -0.05) is 12.1 Å². The molecule has 1 aromatic carbocycles. The van der Waals surface area contributed by atoms with Crippen LogP contribution in [0.5, 0.6) is 0 Å². The Kier molecular flexibility index (Phi) is 5.32. The van der Waals surface area contributed by atoms with E-state index in [-0.39, 0.29) is 16.8 Å². The molecule has 0 radical (unpaired) electrons. The number of carbonyl (C=O) groups is 1. The number of furan rings is 1. The lowest BCUT2D eigenvalue weighted by Crippen LogP contribution is -2.23. The van der Waals surface area contributed by atoms with Gasteiger partial charge < -0.3 is 9.73 Å². The quantitative estimate of drug-likeness (QED) is 0.684. The summed E-state index contributed by atoms with van der Waals surface area (Å²) < 4.78 is 18.9. The van der Waals surface area contributed by atoms with E-state index in [4.69, 9.17) is 4.42 Å². The summed E-state index contributed by atoms with van der Waals surface area (Å²) in [5.74, 6) is 0.669. The molecule has 4 nitrogen and oxygen atoms in total. The zero-order chi connectivity index (χ0) is 16.9. The fourth-order valence-corrected chi connectivity index (χ4v) is 3.64. The normalized spacial score (nSPS) is 12.1. The number of nitrogens with zero attached hydrogens (tertiary/aromatic N) is 1. The van der Waals surface area contributed by atoms with E-state index in [1.807, 2.05) is 17.5 Å². The van der Waals surface area contributed by atoms with Crippen LogP contribution in [0.25, 0.3) is 10.8 Å². The Morgan fingerprint density at radius 1 is 1.38 bits per heavy atom. The lowest BCUT2D eigenvalue weighted by Gasteiger charge is -2.11. The van der Waals surface area contributed by atoms with Crippen LogP contribution in [0.3, 0.4) is 0 Å². The van der Waals surface area contributed by atoms with Crippen molar-refractivity contribution in [2.75, 3.05) is 5.32 Å². The number of amides is 1. The summed E-state index contributed by atoms with van der Waals surface area (Å²) in [7, 11) is 0. The highest BCUT2D eigenvalue weighted by Gasteiger charge is 2.16. The summed E-state index contributed by atoms with van der Waals surface area (Å²) in [5.41, 5.74) is 1.09. The van der Waals surface area contributed by atoms with E-state index in [0.717, 1.165) is 16.5 Å². The van der Waals surface area contributed by atoms with E-state index in [0.29, 0.717) is 5.75 Å². The van der Waals surface area contributed by atoms with Crippen molar-refractivity contribution in [2.24, 2.45) is 0 Å². The monoisotopic (exact) mass is 362 g/mol. The SMILES string of the molecule is C[C@@H](SCc1csc(-c2ccco2)n1)C(=O)Nc1ccccc1F. The number of hydrogen-bond acceptors (Lipinski definition) is 5. The predicted octanol–water partition coefficient (Wildman–Crippen LogP) is 4.80. The van der Waals surface area contributed by atoms with Crippen molar-refractivity contribution in [1.29, 1.82) is 0 Å². The van der Waals surface area contributed by atoms with Gasteiger partial charge in [0.15, 0.2) is 10.8 Å². The molecule has 24 heavy (non-hydrogen) atoms. The lowest BCUT2D eigenvalue weighted by atomic mass is 10.3. The maximum atomic E-state index is 13.6. The Morgan fingerprint density at radius 3 is 2.96 bits per heavy atom. The Balaban J connectivity index is 1.54. The summed E-state index contributed by atoms with van der Waals surface area (Å²) in [4.78, 5) is 16.6. The molecule has 1 N–H and O–H groups in total. The second kappa shape index (κ2) is 7.63. The third-order valence-electron chi connectivity index (χ3n) is 3.27. The van der Waals surface area contributed by atoms with Gasteiger partial charge in [-0.05, 0) is 31.2 Å². The van der Waals surface area contributed by atoms with E-state index in [1.54, 1.807) is 31.4 Å². The number of thioether (sulfide) groups is 1. The van der Waals surface area contributed by atoms with Crippen molar-refractivity contribution in [3.05, 3.63) is 59.6 Å². The van der Waals surface area contributed by atoms with E-state index in [9.17, 15) is 9.18 Å². The van der Waals surface area contributed by atoms with Crippen LogP contribution >= 0.6 is 23.1 Å². The van der Waals surface area contributed by atoms with Gasteiger partial charge in [0.05, 0.1) is 22.9 Å². The molecule has 0 saturated heterocycles. The van der Waals surface area contributed by atoms with Gasteiger partial charge in [0.25, 0.3) is 0 Å². The fourth-order valence-electron chi connectivity index (χ4n) is 1.97. The van der Waals surface area contributed by atoms with Gasteiger partial charge in [-0.25, -0.2) is 9.37 Å². The molecule has 0 aliphatic carbocycles. The van der Waals surface area contributed by atoms with Crippen LogP contribution in [-0.2, 0) is 10.5 Å². The molecule has 2 heterocycles. The molecule has 1 amide bonds. The Hall–Kier alpha value is -2.12. The maximum absolute atomic E-state index is 13.6. The Labute approximate surface area is 147 Å². The molecule has 0 aliphatic rings. The van der Waals surface area contributed by atoms with Crippen LogP contribution in [0, 0.1) is 5.82 Å². The van der Waals surface area contributed by atoms with E-state index in [1.165, 1.54) is 29.2 Å². The third kappa shape index (κ3) is 4.04. The highest BCUT2D eigenvalue weighted by atomic mass is 32.2. The standard InChI is InChI=1S/C17H15FN2O2S2/c1-11(16(21)20-14-6-3-2-5-13(14)18)23-9-12-10-24-17(19-12)15-7-4-8-22-15/h2-8,10-11H,9H2,1H3,(H,20,21)/t11-/m1/s1. The summed E-state index contributed by atoms with van der Waals surface area (Å²) in [6, 6.07) is 9.81. The second-order valence-corrected chi connectivity index (χ2v) is 7.23. The van der Waals surface area contributed by atoms with Crippen molar-refractivity contribution in [2.45, 2.75) is 17.9 Å². The molecule has 0 fully saturated rings. The van der Waals surface area contributed by atoms with E-state index in [2.05, 4.69) is 10.3 Å². The van der Waals surface area contributed by atoms with Crippen molar-refractivity contribution >= 4 is 34.7 Å². The molecule has 7 heteroatoms. The van der Waals surface area contributed by atoms with Gasteiger partial charge in [0.2, 0.25) is 5.91 Å². The molecule has 0 saturated carbocycles. The number of nitrogens with one attached hydrogen (secondary N) is 1. The van der Waals surface area contributed by atoms with Crippen LogP contribution in [0.2, 0.25) is 0 Å². The predicted molar refractivity (Wildman–Crippen MR) is 95.6 cm³/mol. The molecule has 2 aromatic heterocycles. The first-order chi connectivity index (χ1) is 11.6. The fraction of sp³-hybridized carbons (Fsp3) is 0.176. The van der Waals surface area contributed by atoms with Gasteiger partial charge in [0.1, 0.15) is 5.82 Å². The number of para-hydroxylation sites is 1. The van der Waals surface area contributed by atoms with Gasteiger partial charge in [-0.15, -0.1) is 23.1 Å². The topological polar surface area (TPSA) is 55.1 Å². The first kappa shape index (κ1) is 16.7. The third-order valence-corrected chi connectivity index (χ3v) is 5.35. The average molecular weight is 362 g/mol. The number of carbonyl (C=O) groups excluding carboxylic acids is 1. The average Bonchev–Trinajstić information content (AvgIpc) is 3.25. The minimum atomic E-state index is -0.439. The van der Waals surface area contributed by atoms with Crippen LogP contribution < -0.4 is 5.32 Å². The minimum absolute atomic E-state index is 0.198. The molecule has 0 spiro atoms. The van der Waals surface area contributed by atoms with Crippen LogP contribution in [0.4, 0.5) is 10.1 Å². The number of rotatable bonds is 6. The molecule has 3 aromatic rings. The van der Waals surface area contributed by atoms with Crippen molar-refractivity contribution in [1.82, 2.24) is 4.98 Å². The summed E-state index contributed by atoms with van der Waals surface area (Å²) in [6.45, 7) is 1.79. The lowest BCUT2D eigenvalue weighted by molar-refractivity contribution is -0.115. The Bertz CT molecular complexity index is 818. The molecule has 1 atom stereocenters. The van der Waals surface area contributed by atoms with E-state index < -0.39 is 5.82 Å². The highest BCUT2D eigenvalue weighted by molar-refractivity contribution is 7.99. The van der Waals surface area contributed by atoms with Crippen LogP contribution in [0.1, 0.15) is 12.6 Å². The van der Waals surface area contributed by atoms with Gasteiger partial charge in [0, 0.05) is 11.1 Å². The van der Waals surface area contributed by atoms with Gasteiger partial charge >= 0.3 is 0 Å². The van der Waals surface area contributed by atoms with Crippen LogP contribution in [-0.4, -0.2) is 16.1 Å². The number of anilines is 1.